The average Bonchev–Trinajstić information content (AvgIpc) is 3.29. The van der Waals surface area contributed by atoms with E-state index in [1.165, 1.54) is 166 Å². The van der Waals surface area contributed by atoms with Gasteiger partial charge in [0.25, 0.3) is 0 Å². The third-order valence-electron chi connectivity index (χ3n) is 15.7. The zero-order valence-electron chi connectivity index (χ0n) is 36.7. The molecule has 6 aliphatic rings. The van der Waals surface area contributed by atoms with Crippen molar-refractivity contribution in [3.63, 3.8) is 0 Å². The highest BCUT2D eigenvalue weighted by molar-refractivity contribution is 5.81. The van der Waals surface area contributed by atoms with Gasteiger partial charge in [-0.2, -0.15) is 0 Å². The third-order valence-corrected chi connectivity index (χ3v) is 15.7. The molecule has 2 atom stereocenters. The SMILES string of the molecule is C=CC(=O)OC(COC1CCC(C2CCCCC2)CC1)CN(CCN(CC(COC1CCC(C2CCCCC2)CC1)OC(=O)C=C)C1CCCCC1)C1CCCCC1. The summed E-state index contributed by atoms with van der Waals surface area (Å²) in [7, 11) is 0. The van der Waals surface area contributed by atoms with Crippen LogP contribution in [0.2, 0.25) is 0 Å². The molecule has 6 saturated carbocycles. The Morgan fingerprint density at radius 3 is 1.09 bits per heavy atom. The minimum absolute atomic E-state index is 0.249. The van der Waals surface area contributed by atoms with Gasteiger partial charge in [0.1, 0.15) is 12.2 Å². The number of carbonyl (C=O) groups excluding carboxylic acids is 2. The molecule has 0 spiro atoms. The van der Waals surface area contributed by atoms with Gasteiger partial charge in [-0.15, -0.1) is 0 Å². The van der Waals surface area contributed by atoms with Gasteiger partial charge in [0.2, 0.25) is 0 Å². The first-order valence-corrected chi connectivity index (χ1v) is 24.8. The summed E-state index contributed by atoms with van der Waals surface area (Å²) in [6.45, 7) is 11.4. The van der Waals surface area contributed by atoms with E-state index in [2.05, 4.69) is 23.0 Å². The predicted octanol–water partition coefficient (Wildman–Crippen LogP) is 10.8. The van der Waals surface area contributed by atoms with Crippen LogP contribution in [0, 0.1) is 23.7 Å². The topological polar surface area (TPSA) is 77.5 Å². The molecule has 0 heterocycles. The molecule has 0 aliphatic heterocycles. The number of nitrogens with zero attached hydrogens (tertiary/aromatic N) is 2. The highest BCUT2D eigenvalue weighted by atomic mass is 16.6. The Balaban J connectivity index is 1.07. The maximum absolute atomic E-state index is 12.7. The Hall–Kier alpha value is -1.74. The second-order valence-corrected chi connectivity index (χ2v) is 19.6. The van der Waals surface area contributed by atoms with Gasteiger partial charge in [0, 0.05) is 50.4 Å². The molecular formula is C50H84N2O6. The molecule has 6 fully saturated rings. The molecule has 8 nitrogen and oxygen atoms in total. The van der Waals surface area contributed by atoms with E-state index in [4.69, 9.17) is 18.9 Å². The van der Waals surface area contributed by atoms with Gasteiger partial charge in [-0.3, -0.25) is 9.80 Å². The minimum Gasteiger partial charge on any atom is -0.455 e. The van der Waals surface area contributed by atoms with Crippen molar-refractivity contribution in [3.05, 3.63) is 25.3 Å². The lowest BCUT2D eigenvalue weighted by molar-refractivity contribution is -0.151. The van der Waals surface area contributed by atoms with Crippen molar-refractivity contribution in [3.8, 4) is 0 Å². The van der Waals surface area contributed by atoms with Crippen LogP contribution in [0.1, 0.15) is 180 Å². The molecule has 0 radical (unpaired) electrons. The lowest BCUT2D eigenvalue weighted by Crippen LogP contribution is -2.51. The molecule has 0 N–H and O–H groups in total. The molecule has 0 saturated heterocycles. The van der Waals surface area contributed by atoms with Crippen LogP contribution in [0.5, 0.6) is 0 Å². The Labute approximate surface area is 354 Å². The molecule has 6 aliphatic carbocycles. The van der Waals surface area contributed by atoms with E-state index in [0.29, 0.717) is 38.4 Å². The van der Waals surface area contributed by atoms with Crippen LogP contribution >= 0.6 is 0 Å². The predicted molar refractivity (Wildman–Crippen MR) is 234 cm³/mol. The first kappa shape index (κ1) is 45.8. The fourth-order valence-electron chi connectivity index (χ4n) is 12.3. The summed E-state index contributed by atoms with van der Waals surface area (Å²) in [5, 5.41) is 0. The van der Waals surface area contributed by atoms with Gasteiger partial charge in [0.05, 0.1) is 25.4 Å². The maximum atomic E-state index is 12.7. The molecule has 0 aromatic carbocycles. The number of hydrogen-bond acceptors (Lipinski definition) is 8. The van der Waals surface area contributed by atoms with E-state index in [-0.39, 0.29) is 36.4 Å². The maximum Gasteiger partial charge on any atom is 0.330 e. The van der Waals surface area contributed by atoms with Crippen LogP contribution in [0.15, 0.2) is 25.3 Å². The third kappa shape index (κ3) is 15.0. The van der Waals surface area contributed by atoms with Crippen molar-refractivity contribution in [2.75, 3.05) is 39.4 Å². The Morgan fingerprint density at radius 2 is 0.759 bits per heavy atom. The lowest BCUT2D eigenvalue weighted by Gasteiger charge is -2.41. The average molecular weight is 809 g/mol. The fourth-order valence-corrected chi connectivity index (χ4v) is 12.3. The monoisotopic (exact) mass is 809 g/mol. The minimum atomic E-state index is -0.364. The van der Waals surface area contributed by atoms with Gasteiger partial charge in [0.15, 0.2) is 0 Å². The van der Waals surface area contributed by atoms with Crippen LogP contribution in [-0.2, 0) is 28.5 Å². The lowest BCUT2D eigenvalue weighted by atomic mass is 9.73. The van der Waals surface area contributed by atoms with E-state index in [9.17, 15) is 9.59 Å². The smallest absolute Gasteiger partial charge is 0.330 e. The van der Waals surface area contributed by atoms with Gasteiger partial charge >= 0.3 is 11.9 Å². The number of esters is 2. The molecule has 0 aromatic rings. The van der Waals surface area contributed by atoms with E-state index in [0.717, 1.165) is 62.4 Å². The molecule has 0 aromatic heterocycles. The largest absolute Gasteiger partial charge is 0.455 e. The Morgan fingerprint density at radius 1 is 0.448 bits per heavy atom. The van der Waals surface area contributed by atoms with Gasteiger partial charge in [-0.1, -0.05) is 116 Å². The first-order valence-electron chi connectivity index (χ1n) is 24.8. The molecule has 0 amide bonds. The Kier molecular flexibility index (Phi) is 19.9. The summed E-state index contributed by atoms with van der Waals surface area (Å²) in [5.41, 5.74) is 0. The fraction of sp³-hybridized carbons (Fsp3) is 0.880. The molecule has 58 heavy (non-hydrogen) atoms. The quantitative estimate of drug-likeness (QED) is 0.0838. The summed E-state index contributed by atoms with van der Waals surface area (Å²) in [5.74, 6) is 2.83. The second-order valence-electron chi connectivity index (χ2n) is 19.6. The first-order chi connectivity index (χ1) is 28.5. The molecule has 330 valence electrons. The van der Waals surface area contributed by atoms with E-state index < -0.39 is 0 Å². The van der Waals surface area contributed by atoms with E-state index >= 15 is 0 Å². The highest BCUT2D eigenvalue weighted by Gasteiger charge is 2.34. The zero-order chi connectivity index (χ0) is 40.4. The molecule has 6 rings (SSSR count). The summed E-state index contributed by atoms with van der Waals surface area (Å²) in [6.07, 6.45) is 38.4. The van der Waals surface area contributed by atoms with Crippen LogP contribution in [0.3, 0.4) is 0 Å². The number of hydrogen-bond donors (Lipinski definition) is 0. The molecular weight excluding hydrogens is 725 g/mol. The van der Waals surface area contributed by atoms with Gasteiger partial charge in [-0.05, 0) is 101 Å². The highest BCUT2D eigenvalue weighted by Crippen LogP contribution is 2.40. The van der Waals surface area contributed by atoms with E-state index in [1.54, 1.807) is 0 Å². The number of carbonyl (C=O) groups is 2. The van der Waals surface area contributed by atoms with Crippen LogP contribution in [0.25, 0.3) is 0 Å². The van der Waals surface area contributed by atoms with Crippen LogP contribution < -0.4 is 0 Å². The molecule has 0 bridgehead atoms. The van der Waals surface area contributed by atoms with Crippen molar-refractivity contribution < 1.29 is 28.5 Å². The molecule has 8 heteroatoms. The number of ether oxygens (including phenoxy) is 4. The van der Waals surface area contributed by atoms with Crippen molar-refractivity contribution in [1.29, 1.82) is 0 Å². The van der Waals surface area contributed by atoms with Crippen molar-refractivity contribution in [2.24, 2.45) is 23.7 Å². The summed E-state index contributed by atoms with van der Waals surface area (Å²) < 4.78 is 25.4. The van der Waals surface area contributed by atoms with Crippen LogP contribution in [0.4, 0.5) is 0 Å². The normalized spacial score (nSPS) is 28.5. The van der Waals surface area contributed by atoms with Crippen molar-refractivity contribution >= 4 is 11.9 Å². The van der Waals surface area contributed by atoms with Gasteiger partial charge < -0.3 is 18.9 Å². The summed E-state index contributed by atoms with van der Waals surface area (Å²) in [6, 6.07) is 0.915. The van der Waals surface area contributed by atoms with Gasteiger partial charge in [-0.25, -0.2) is 9.59 Å². The zero-order valence-corrected chi connectivity index (χ0v) is 36.7. The van der Waals surface area contributed by atoms with Crippen LogP contribution in [-0.4, -0.2) is 97.6 Å². The molecule has 2 unspecified atom stereocenters. The van der Waals surface area contributed by atoms with E-state index in [1.807, 2.05) is 0 Å². The Bertz CT molecular complexity index is 1100. The second kappa shape index (κ2) is 25.3. The van der Waals surface area contributed by atoms with Crippen molar-refractivity contribution in [1.82, 2.24) is 9.80 Å². The van der Waals surface area contributed by atoms with Crippen molar-refractivity contribution in [2.45, 2.75) is 216 Å². The summed E-state index contributed by atoms with van der Waals surface area (Å²) >= 11 is 0. The summed E-state index contributed by atoms with van der Waals surface area (Å²) in [4.78, 5) is 30.7. The standard InChI is InChI=1S/C50H84N2O6/c1-3-49(53)57-47(37-55-45-29-25-41(26-30-45)39-17-9-5-10-18-39)35-51(43-21-13-7-14-22-43)33-34-52(44-23-15-8-16-24-44)36-48(58-50(54)4-2)38-56-46-31-27-42(28-32-46)40-19-11-6-12-20-40/h3-4,39-48H,1-2,5-38H2. The number of rotatable bonds is 21.